The lowest BCUT2D eigenvalue weighted by Crippen LogP contribution is -2.36. The lowest BCUT2D eigenvalue weighted by atomic mass is 10.1. The molecule has 0 aliphatic heterocycles. The fraction of sp³-hybridized carbons (Fsp3) is 0.192. The van der Waals surface area contributed by atoms with E-state index in [2.05, 4.69) is 16.0 Å². The molecule has 4 N–H and O–H groups in total. The third kappa shape index (κ3) is 7.46. The third-order valence-electron chi connectivity index (χ3n) is 5.01. The van der Waals surface area contributed by atoms with Crippen LogP contribution in [0.2, 0.25) is 0 Å². The summed E-state index contributed by atoms with van der Waals surface area (Å²) in [6.07, 6.45) is -0.194. The van der Waals surface area contributed by atoms with Crippen molar-refractivity contribution in [1.82, 2.24) is 5.32 Å². The standard InChI is InChI=1S/C26H27N3O5/c1-17-5-3-4-6-24(17)29-26(33)28-21-11-7-19(8-12-21)15-22(30)16-27-18(2)34-23-13-9-20(10-14-23)25(31)32/h3-14,18,27H,15-16H2,1-2H3,(H,31,32)(H2,28,29,33). The number of aryl methyl sites for hydroxylation is 1. The van der Waals surface area contributed by atoms with Crippen molar-refractivity contribution in [3.63, 3.8) is 0 Å². The number of nitrogens with one attached hydrogen (secondary N) is 3. The van der Waals surface area contributed by atoms with Gasteiger partial charge in [-0.15, -0.1) is 0 Å². The van der Waals surface area contributed by atoms with Crippen molar-refractivity contribution < 1.29 is 24.2 Å². The quantitative estimate of drug-likeness (QED) is 0.331. The highest BCUT2D eigenvalue weighted by atomic mass is 16.5. The number of hydrogen-bond donors (Lipinski definition) is 4. The van der Waals surface area contributed by atoms with Crippen molar-refractivity contribution in [2.75, 3.05) is 17.2 Å². The number of para-hydroxylation sites is 1. The van der Waals surface area contributed by atoms with E-state index in [4.69, 9.17) is 9.84 Å². The van der Waals surface area contributed by atoms with E-state index in [9.17, 15) is 14.4 Å². The summed E-state index contributed by atoms with van der Waals surface area (Å²) in [5.74, 6) is -0.514. The minimum Gasteiger partial charge on any atom is -0.478 e. The number of aromatic carboxylic acids is 1. The van der Waals surface area contributed by atoms with Crippen LogP contribution >= 0.6 is 0 Å². The Morgan fingerprint density at radius 1 is 0.912 bits per heavy atom. The van der Waals surface area contributed by atoms with Gasteiger partial charge in [0.05, 0.1) is 12.1 Å². The van der Waals surface area contributed by atoms with Crippen LogP contribution in [0, 0.1) is 6.92 Å². The van der Waals surface area contributed by atoms with Gasteiger partial charge in [0.1, 0.15) is 12.0 Å². The maximum Gasteiger partial charge on any atom is 0.335 e. The second-order valence-electron chi connectivity index (χ2n) is 7.78. The Balaban J connectivity index is 1.42. The molecular formula is C26H27N3O5. The molecule has 8 heteroatoms. The summed E-state index contributed by atoms with van der Waals surface area (Å²) in [5.41, 5.74) is 3.34. The number of anilines is 2. The highest BCUT2D eigenvalue weighted by Crippen LogP contribution is 2.16. The first-order valence-electron chi connectivity index (χ1n) is 10.8. The second-order valence-corrected chi connectivity index (χ2v) is 7.78. The Morgan fingerprint density at radius 3 is 2.24 bits per heavy atom. The molecule has 8 nitrogen and oxygen atoms in total. The fourth-order valence-electron chi connectivity index (χ4n) is 3.17. The number of carbonyl (C=O) groups excluding carboxylic acids is 2. The number of ether oxygens (including phenoxy) is 1. The zero-order valence-electron chi connectivity index (χ0n) is 19.0. The van der Waals surface area contributed by atoms with Crippen molar-refractivity contribution in [1.29, 1.82) is 0 Å². The SMILES string of the molecule is Cc1ccccc1NC(=O)Nc1ccc(CC(=O)CNC(C)Oc2ccc(C(=O)O)cc2)cc1. The summed E-state index contributed by atoms with van der Waals surface area (Å²) in [4.78, 5) is 35.4. The molecule has 0 fully saturated rings. The van der Waals surface area contributed by atoms with Gasteiger partial charge in [-0.05, 0) is 67.4 Å². The van der Waals surface area contributed by atoms with E-state index in [1.165, 1.54) is 12.1 Å². The van der Waals surface area contributed by atoms with Crippen LogP contribution in [0.15, 0.2) is 72.8 Å². The van der Waals surface area contributed by atoms with Crippen LogP contribution < -0.4 is 20.7 Å². The van der Waals surface area contributed by atoms with Gasteiger partial charge in [0.25, 0.3) is 0 Å². The Hall–Kier alpha value is -4.17. The maximum absolute atomic E-state index is 12.3. The van der Waals surface area contributed by atoms with Gasteiger partial charge >= 0.3 is 12.0 Å². The van der Waals surface area contributed by atoms with Gasteiger partial charge < -0.3 is 20.5 Å². The normalized spacial score (nSPS) is 11.4. The third-order valence-corrected chi connectivity index (χ3v) is 5.01. The van der Waals surface area contributed by atoms with E-state index in [1.54, 1.807) is 43.3 Å². The molecular weight excluding hydrogens is 434 g/mol. The molecule has 1 atom stereocenters. The minimum atomic E-state index is -1.00. The molecule has 176 valence electrons. The summed E-state index contributed by atoms with van der Waals surface area (Å²) >= 11 is 0. The molecule has 3 aromatic rings. The zero-order valence-corrected chi connectivity index (χ0v) is 19.0. The number of Topliss-reactive ketones (excluding diaryl/α,β-unsaturated/α-hetero) is 1. The number of rotatable bonds is 10. The van der Waals surface area contributed by atoms with Gasteiger partial charge in [0.15, 0.2) is 5.78 Å². The second kappa shape index (κ2) is 11.6. The van der Waals surface area contributed by atoms with Gasteiger partial charge in [-0.1, -0.05) is 30.3 Å². The van der Waals surface area contributed by atoms with E-state index in [0.29, 0.717) is 11.4 Å². The van der Waals surface area contributed by atoms with E-state index < -0.39 is 12.2 Å². The Labute approximate surface area is 198 Å². The minimum absolute atomic E-state index is 0.0188. The average molecular weight is 462 g/mol. The largest absolute Gasteiger partial charge is 0.478 e. The van der Waals surface area contributed by atoms with Crippen molar-refractivity contribution in [3.8, 4) is 5.75 Å². The van der Waals surface area contributed by atoms with Crippen molar-refractivity contribution >= 4 is 29.2 Å². The molecule has 1 unspecified atom stereocenters. The number of hydrogen-bond acceptors (Lipinski definition) is 5. The Morgan fingerprint density at radius 2 is 1.59 bits per heavy atom. The zero-order chi connectivity index (χ0) is 24.5. The first-order valence-corrected chi connectivity index (χ1v) is 10.8. The summed E-state index contributed by atoms with van der Waals surface area (Å²) in [7, 11) is 0. The highest BCUT2D eigenvalue weighted by molar-refractivity contribution is 6.00. The van der Waals surface area contributed by atoms with Crippen molar-refractivity contribution in [2.24, 2.45) is 0 Å². The van der Waals surface area contributed by atoms with Crippen LogP contribution in [0.1, 0.15) is 28.4 Å². The molecule has 0 saturated heterocycles. The molecule has 0 bridgehead atoms. The van der Waals surface area contributed by atoms with Gasteiger partial charge in [-0.3, -0.25) is 10.1 Å². The predicted molar refractivity (Wildman–Crippen MR) is 130 cm³/mol. The van der Waals surface area contributed by atoms with Crippen LogP contribution in [-0.4, -0.2) is 35.7 Å². The summed E-state index contributed by atoms with van der Waals surface area (Å²) in [6.45, 7) is 3.80. The highest BCUT2D eigenvalue weighted by Gasteiger charge is 2.10. The molecule has 0 aliphatic carbocycles. The number of urea groups is 1. The fourth-order valence-corrected chi connectivity index (χ4v) is 3.17. The van der Waals surface area contributed by atoms with E-state index in [0.717, 1.165) is 16.8 Å². The van der Waals surface area contributed by atoms with Crippen molar-refractivity contribution in [3.05, 3.63) is 89.5 Å². The van der Waals surface area contributed by atoms with Crippen LogP contribution in [0.5, 0.6) is 5.75 Å². The first-order chi connectivity index (χ1) is 16.3. The molecule has 2 amide bonds. The monoisotopic (exact) mass is 461 g/mol. The van der Waals surface area contributed by atoms with Crippen LogP contribution in [0.4, 0.5) is 16.2 Å². The summed E-state index contributed by atoms with van der Waals surface area (Å²) in [5, 5.41) is 17.5. The van der Waals surface area contributed by atoms with Gasteiger partial charge in [-0.2, -0.15) is 0 Å². The van der Waals surface area contributed by atoms with Gasteiger partial charge in [0.2, 0.25) is 0 Å². The van der Waals surface area contributed by atoms with Crippen LogP contribution in [0.25, 0.3) is 0 Å². The molecule has 0 radical (unpaired) electrons. The Kier molecular flexibility index (Phi) is 8.37. The number of ketones is 1. The average Bonchev–Trinajstić information content (AvgIpc) is 2.81. The van der Waals surface area contributed by atoms with Crippen molar-refractivity contribution in [2.45, 2.75) is 26.5 Å². The van der Waals surface area contributed by atoms with E-state index >= 15 is 0 Å². The molecule has 0 spiro atoms. The molecule has 34 heavy (non-hydrogen) atoms. The number of carbonyl (C=O) groups is 3. The first kappa shape index (κ1) is 24.5. The summed E-state index contributed by atoms with van der Waals surface area (Å²) < 4.78 is 5.65. The van der Waals surface area contributed by atoms with E-state index in [-0.39, 0.29) is 30.3 Å². The molecule has 0 saturated carbocycles. The van der Waals surface area contributed by atoms with Gasteiger partial charge in [-0.25, -0.2) is 9.59 Å². The smallest absolute Gasteiger partial charge is 0.335 e. The topological polar surface area (TPSA) is 117 Å². The molecule has 3 rings (SSSR count). The molecule has 0 aliphatic rings. The number of benzene rings is 3. The van der Waals surface area contributed by atoms with E-state index in [1.807, 2.05) is 31.2 Å². The number of carboxylic acids is 1. The number of carboxylic acid groups (broad SMARTS) is 1. The molecule has 0 heterocycles. The lowest BCUT2D eigenvalue weighted by molar-refractivity contribution is -0.118. The molecule has 0 aromatic heterocycles. The molecule has 3 aromatic carbocycles. The van der Waals surface area contributed by atoms with Crippen LogP contribution in [0.3, 0.4) is 0 Å². The van der Waals surface area contributed by atoms with Crippen LogP contribution in [-0.2, 0) is 11.2 Å². The maximum atomic E-state index is 12.3. The summed E-state index contributed by atoms with van der Waals surface area (Å²) in [6, 6.07) is 20.3. The lowest BCUT2D eigenvalue weighted by Gasteiger charge is -2.16. The predicted octanol–water partition coefficient (Wildman–Crippen LogP) is 4.46. The number of amides is 2. The van der Waals surface area contributed by atoms with Gasteiger partial charge in [0, 0.05) is 17.8 Å². The Bertz CT molecular complexity index is 1140.